The maximum atomic E-state index is 12.7. The van der Waals surface area contributed by atoms with Crippen molar-refractivity contribution in [1.29, 1.82) is 0 Å². The lowest BCUT2D eigenvalue weighted by Gasteiger charge is -2.11. The van der Waals surface area contributed by atoms with Crippen LogP contribution in [0, 0.1) is 0 Å². The molecule has 0 aliphatic carbocycles. The normalized spacial score (nSPS) is 12.3. The third kappa shape index (κ3) is 3.49. The quantitative estimate of drug-likeness (QED) is 0.470. The number of benzene rings is 3. The average Bonchev–Trinajstić information content (AvgIpc) is 3.22. The minimum absolute atomic E-state index is 0.0535. The molecule has 3 aromatic carbocycles. The van der Waals surface area contributed by atoms with Gasteiger partial charge < -0.3 is 28.8 Å². The Morgan fingerprint density at radius 3 is 2.68 bits per heavy atom. The van der Waals surface area contributed by atoms with Crippen LogP contribution in [0.25, 0.3) is 22.3 Å². The first-order chi connectivity index (χ1) is 15.0. The van der Waals surface area contributed by atoms with E-state index < -0.39 is 11.2 Å². The fraction of sp³-hybridized carbons (Fsp3) is 0.0870. The number of halogens is 1. The lowest BCUT2D eigenvalue weighted by atomic mass is 10.1. The first-order valence-electron chi connectivity index (χ1n) is 9.29. The molecule has 156 valence electrons. The summed E-state index contributed by atoms with van der Waals surface area (Å²) in [4.78, 5) is 12.7. The van der Waals surface area contributed by atoms with Gasteiger partial charge >= 0.3 is 0 Å². The molecule has 5 rings (SSSR count). The Kier molecular flexibility index (Phi) is 4.60. The fourth-order valence-electron chi connectivity index (χ4n) is 3.37. The summed E-state index contributed by atoms with van der Waals surface area (Å²) >= 11 is 5.99. The molecule has 0 bridgehead atoms. The van der Waals surface area contributed by atoms with Crippen molar-refractivity contribution in [3.05, 3.63) is 75.4 Å². The number of aromatic hydroxyl groups is 2. The van der Waals surface area contributed by atoms with Gasteiger partial charge in [0.1, 0.15) is 29.1 Å². The Morgan fingerprint density at radius 2 is 1.84 bits per heavy atom. The van der Waals surface area contributed by atoms with Gasteiger partial charge in [0.15, 0.2) is 17.3 Å². The van der Waals surface area contributed by atoms with Crippen molar-refractivity contribution in [3.63, 3.8) is 0 Å². The molecule has 7 nitrogen and oxygen atoms in total. The van der Waals surface area contributed by atoms with Gasteiger partial charge in [-0.1, -0.05) is 23.7 Å². The second-order valence-electron chi connectivity index (χ2n) is 6.91. The van der Waals surface area contributed by atoms with E-state index in [0.717, 1.165) is 5.56 Å². The molecule has 8 heteroatoms. The highest BCUT2D eigenvalue weighted by Crippen LogP contribution is 2.40. The number of fused-ring (bicyclic) bond motifs is 2. The Bertz CT molecular complexity index is 1380. The Labute approximate surface area is 180 Å². The second kappa shape index (κ2) is 7.45. The minimum atomic E-state index is -0.757. The number of hydrogen-bond donors (Lipinski definition) is 2. The highest BCUT2D eigenvalue weighted by molar-refractivity contribution is 6.30. The first kappa shape index (κ1) is 19.1. The van der Waals surface area contributed by atoms with Gasteiger partial charge in [-0.2, -0.15) is 0 Å². The predicted molar refractivity (Wildman–Crippen MR) is 113 cm³/mol. The van der Waals surface area contributed by atoms with Crippen LogP contribution in [-0.4, -0.2) is 17.0 Å². The van der Waals surface area contributed by atoms with Gasteiger partial charge in [0.25, 0.3) is 0 Å². The molecule has 1 aromatic heterocycles. The molecule has 0 fully saturated rings. The first-order valence-corrected chi connectivity index (χ1v) is 9.67. The van der Waals surface area contributed by atoms with E-state index in [1.54, 1.807) is 36.4 Å². The van der Waals surface area contributed by atoms with Gasteiger partial charge in [-0.15, -0.1) is 0 Å². The van der Waals surface area contributed by atoms with Crippen LogP contribution in [0.3, 0.4) is 0 Å². The van der Waals surface area contributed by atoms with Gasteiger partial charge in [-0.25, -0.2) is 0 Å². The molecule has 31 heavy (non-hydrogen) atoms. The molecular formula is C23H15ClO7. The Hall–Kier alpha value is -3.84. The largest absolute Gasteiger partial charge is 0.507 e. The van der Waals surface area contributed by atoms with Gasteiger partial charge in [0, 0.05) is 22.7 Å². The van der Waals surface area contributed by atoms with Crippen LogP contribution in [0.2, 0.25) is 5.02 Å². The standard InChI is InChI=1S/C23H15ClO7/c24-14-3-1-2-12(6-14)10-28-15-8-16(25)20-19(9-15)31-23(22(27)21(20)26)13-4-5-17-18(7-13)30-11-29-17/h1-9,25,27H,10-11H2. The van der Waals surface area contributed by atoms with Gasteiger partial charge in [0.2, 0.25) is 18.0 Å². The third-order valence-corrected chi connectivity index (χ3v) is 5.09. The van der Waals surface area contributed by atoms with E-state index in [0.29, 0.717) is 22.1 Å². The lowest BCUT2D eigenvalue weighted by molar-refractivity contribution is 0.174. The van der Waals surface area contributed by atoms with E-state index in [9.17, 15) is 15.0 Å². The van der Waals surface area contributed by atoms with Crippen molar-refractivity contribution in [3.8, 4) is 40.1 Å². The number of hydrogen-bond acceptors (Lipinski definition) is 7. The SMILES string of the molecule is O=c1c(O)c(-c2ccc3c(c2)OCO3)oc2cc(OCc3cccc(Cl)c3)cc(O)c12. The van der Waals surface area contributed by atoms with Crippen molar-refractivity contribution in [1.82, 2.24) is 0 Å². The molecule has 1 aliphatic rings. The van der Waals surface area contributed by atoms with Crippen LogP contribution in [0.1, 0.15) is 5.56 Å². The third-order valence-electron chi connectivity index (χ3n) is 4.85. The second-order valence-corrected chi connectivity index (χ2v) is 7.35. The number of rotatable bonds is 4. The maximum absolute atomic E-state index is 12.7. The van der Waals surface area contributed by atoms with Crippen molar-refractivity contribution in [2.75, 3.05) is 6.79 Å². The fourth-order valence-corrected chi connectivity index (χ4v) is 3.59. The average molecular weight is 439 g/mol. The molecule has 2 N–H and O–H groups in total. The lowest BCUT2D eigenvalue weighted by Crippen LogP contribution is -2.04. The van der Waals surface area contributed by atoms with E-state index in [4.69, 9.17) is 30.2 Å². The van der Waals surface area contributed by atoms with Crippen molar-refractivity contribution < 1.29 is 28.8 Å². The maximum Gasteiger partial charge on any atom is 0.238 e. The molecule has 0 amide bonds. The van der Waals surface area contributed by atoms with Crippen molar-refractivity contribution >= 4 is 22.6 Å². The van der Waals surface area contributed by atoms with E-state index in [-0.39, 0.29) is 41.6 Å². The highest BCUT2D eigenvalue weighted by Gasteiger charge is 2.21. The summed E-state index contributed by atoms with van der Waals surface area (Å²) < 4.78 is 22.2. The molecule has 0 radical (unpaired) electrons. The van der Waals surface area contributed by atoms with Gasteiger partial charge in [-0.05, 0) is 35.9 Å². The molecule has 1 aliphatic heterocycles. The summed E-state index contributed by atoms with van der Waals surface area (Å²) in [5.41, 5.74) is 0.565. The van der Waals surface area contributed by atoms with Crippen LogP contribution in [0.4, 0.5) is 0 Å². The highest BCUT2D eigenvalue weighted by atomic mass is 35.5. The van der Waals surface area contributed by atoms with Crippen LogP contribution in [0.15, 0.2) is 63.8 Å². The molecule has 0 spiro atoms. The van der Waals surface area contributed by atoms with Gasteiger partial charge in [0.05, 0.1) is 0 Å². The monoisotopic (exact) mass is 438 g/mol. The summed E-state index contributed by atoms with van der Waals surface area (Å²) in [6.07, 6.45) is 0. The number of phenols is 1. The zero-order valence-electron chi connectivity index (χ0n) is 15.9. The Balaban J connectivity index is 1.56. The zero-order chi connectivity index (χ0) is 21.5. The Morgan fingerprint density at radius 1 is 1.00 bits per heavy atom. The molecular weight excluding hydrogens is 424 g/mol. The molecule has 2 heterocycles. The minimum Gasteiger partial charge on any atom is -0.507 e. The van der Waals surface area contributed by atoms with Crippen molar-refractivity contribution in [2.45, 2.75) is 6.61 Å². The van der Waals surface area contributed by atoms with Crippen molar-refractivity contribution in [2.24, 2.45) is 0 Å². The number of ether oxygens (including phenoxy) is 3. The summed E-state index contributed by atoms with van der Waals surface area (Å²) in [6, 6.07) is 14.8. The molecule has 4 aromatic rings. The van der Waals surface area contributed by atoms with E-state index in [1.165, 1.54) is 12.1 Å². The van der Waals surface area contributed by atoms with E-state index >= 15 is 0 Å². The molecule has 0 atom stereocenters. The summed E-state index contributed by atoms with van der Waals surface area (Å²) in [5.74, 6) is 0.286. The molecule has 0 unspecified atom stereocenters. The van der Waals surface area contributed by atoms with Crippen LogP contribution < -0.4 is 19.6 Å². The molecule has 0 saturated carbocycles. The summed E-state index contributed by atoms with van der Waals surface area (Å²) in [6.45, 7) is 0.288. The van der Waals surface area contributed by atoms with Crippen LogP contribution in [-0.2, 0) is 6.61 Å². The topological polar surface area (TPSA) is 98.4 Å². The van der Waals surface area contributed by atoms with E-state index in [2.05, 4.69) is 0 Å². The predicted octanol–water partition coefficient (Wildman–Crippen LogP) is 4.83. The van der Waals surface area contributed by atoms with Crippen LogP contribution in [0.5, 0.6) is 28.7 Å². The summed E-state index contributed by atoms with van der Waals surface area (Å²) in [7, 11) is 0. The molecule has 0 saturated heterocycles. The summed E-state index contributed by atoms with van der Waals surface area (Å²) in [5, 5.41) is 21.3. The zero-order valence-corrected chi connectivity index (χ0v) is 16.7. The smallest absolute Gasteiger partial charge is 0.238 e. The van der Waals surface area contributed by atoms with Gasteiger partial charge in [-0.3, -0.25) is 4.79 Å². The number of phenolic OH excluding ortho intramolecular Hbond substituents is 1. The van der Waals surface area contributed by atoms with E-state index in [1.807, 2.05) is 6.07 Å². The van der Waals surface area contributed by atoms with Crippen LogP contribution >= 0.6 is 11.6 Å².